The highest BCUT2D eigenvalue weighted by atomic mass is 35.5. The Kier molecular flexibility index (Phi) is 2.71. The van der Waals surface area contributed by atoms with Gasteiger partial charge in [-0.05, 0) is 24.3 Å². The van der Waals surface area contributed by atoms with Crippen LogP contribution in [0.15, 0.2) is 36.7 Å². The summed E-state index contributed by atoms with van der Waals surface area (Å²) in [5.74, 6) is -0.201. The van der Waals surface area contributed by atoms with Gasteiger partial charge in [0.1, 0.15) is 0 Å². The van der Waals surface area contributed by atoms with E-state index in [1.54, 1.807) is 24.3 Å². The van der Waals surface area contributed by atoms with E-state index in [1.807, 2.05) is 6.19 Å². The molecule has 0 saturated heterocycles. The average Bonchev–Trinajstić information content (AvgIpc) is 2.77. The van der Waals surface area contributed by atoms with Crippen molar-refractivity contribution >= 4 is 17.4 Å². The van der Waals surface area contributed by atoms with E-state index in [1.165, 1.54) is 12.4 Å². The van der Waals surface area contributed by atoms with E-state index in [4.69, 9.17) is 16.9 Å². The minimum absolute atomic E-state index is 0.102. The number of ketones is 1. The first-order chi connectivity index (χ1) is 7.72. The Balaban J connectivity index is 2.40. The lowest BCUT2D eigenvalue weighted by atomic mass is 10.1. The number of hydrogen-bond acceptors (Lipinski definition) is 3. The predicted octanol–water partition coefficient (Wildman–Crippen LogP) is 2.10. The monoisotopic (exact) mass is 231 g/mol. The molecule has 0 amide bonds. The van der Waals surface area contributed by atoms with E-state index in [2.05, 4.69) is 4.98 Å². The zero-order valence-corrected chi connectivity index (χ0v) is 8.85. The molecule has 0 N–H and O–H groups in total. The molecule has 1 aromatic heterocycles. The highest BCUT2D eigenvalue weighted by Gasteiger charge is 2.14. The molecule has 0 fully saturated rings. The van der Waals surface area contributed by atoms with E-state index in [0.717, 1.165) is 4.57 Å². The number of carbonyl (C=O) groups excluding carboxylic acids is 1. The van der Waals surface area contributed by atoms with Crippen LogP contribution in [-0.2, 0) is 0 Å². The van der Waals surface area contributed by atoms with Crippen molar-refractivity contribution in [3.8, 4) is 6.19 Å². The highest BCUT2D eigenvalue weighted by molar-refractivity contribution is 6.30. The molecule has 5 heteroatoms. The summed E-state index contributed by atoms with van der Waals surface area (Å²) < 4.78 is 1.12. The predicted molar refractivity (Wildman–Crippen MR) is 58.1 cm³/mol. The second kappa shape index (κ2) is 4.17. The van der Waals surface area contributed by atoms with Crippen LogP contribution in [0.3, 0.4) is 0 Å². The van der Waals surface area contributed by atoms with Gasteiger partial charge in [0, 0.05) is 23.0 Å². The van der Waals surface area contributed by atoms with Crippen molar-refractivity contribution in [2.24, 2.45) is 0 Å². The van der Waals surface area contributed by atoms with Crippen molar-refractivity contribution in [3.63, 3.8) is 0 Å². The van der Waals surface area contributed by atoms with Crippen LogP contribution in [0.25, 0.3) is 0 Å². The summed E-state index contributed by atoms with van der Waals surface area (Å²) in [5, 5.41) is 9.30. The molecule has 0 aliphatic carbocycles. The Morgan fingerprint density at radius 3 is 2.69 bits per heavy atom. The summed E-state index contributed by atoms with van der Waals surface area (Å²) >= 11 is 5.72. The van der Waals surface area contributed by atoms with Crippen LogP contribution in [0.1, 0.15) is 16.2 Å². The third kappa shape index (κ3) is 1.81. The van der Waals surface area contributed by atoms with Crippen LogP contribution in [0.2, 0.25) is 5.02 Å². The minimum Gasteiger partial charge on any atom is -0.285 e. The van der Waals surface area contributed by atoms with E-state index < -0.39 is 0 Å². The lowest BCUT2D eigenvalue weighted by Gasteiger charge is -1.99. The third-order valence-electron chi connectivity index (χ3n) is 2.06. The molecule has 0 unspecified atom stereocenters. The summed E-state index contributed by atoms with van der Waals surface area (Å²) in [4.78, 5) is 15.8. The summed E-state index contributed by atoms with van der Waals surface area (Å²) in [6.07, 6.45) is 4.69. The Hall–Kier alpha value is -2.12. The van der Waals surface area contributed by atoms with Gasteiger partial charge in [0.15, 0.2) is 12.0 Å². The van der Waals surface area contributed by atoms with Gasteiger partial charge in [-0.2, -0.15) is 5.26 Å². The van der Waals surface area contributed by atoms with Gasteiger partial charge in [0.05, 0.1) is 0 Å². The number of carbonyl (C=O) groups is 1. The fraction of sp³-hybridized carbons (Fsp3) is 0. The molecule has 0 saturated carbocycles. The number of halogens is 1. The second-order valence-corrected chi connectivity index (χ2v) is 3.49. The lowest BCUT2D eigenvalue weighted by molar-refractivity contribution is 0.102. The SMILES string of the molecule is N#Cn1ccnc1C(=O)c1ccc(Cl)cc1. The van der Waals surface area contributed by atoms with Gasteiger partial charge < -0.3 is 0 Å². The smallest absolute Gasteiger partial charge is 0.229 e. The first kappa shape index (κ1) is 10.4. The quantitative estimate of drug-likeness (QED) is 0.744. The molecule has 0 radical (unpaired) electrons. The summed E-state index contributed by atoms with van der Waals surface area (Å²) in [6, 6.07) is 6.44. The van der Waals surface area contributed by atoms with Crippen LogP contribution >= 0.6 is 11.6 Å². The van der Waals surface area contributed by atoms with Crippen molar-refractivity contribution in [2.45, 2.75) is 0 Å². The maximum absolute atomic E-state index is 11.9. The Labute approximate surface area is 96.7 Å². The van der Waals surface area contributed by atoms with Gasteiger partial charge in [0.25, 0.3) is 0 Å². The maximum Gasteiger partial charge on any atom is 0.229 e. The Morgan fingerprint density at radius 2 is 2.06 bits per heavy atom. The van der Waals surface area contributed by atoms with Crippen LogP contribution < -0.4 is 0 Å². The van der Waals surface area contributed by atoms with Crippen LogP contribution in [-0.4, -0.2) is 15.3 Å². The fourth-order valence-corrected chi connectivity index (χ4v) is 1.41. The summed E-state index contributed by atoms with van der Waals surface area (Å²) in [5.41, 5.74) is 0.451. The summed E-state index contributed by atoms with van der Waals surface area (Å²) in [6.45, 7) is 0. The van der Waals surface area contributed by atoms with Crippen molar-refractivity contribution in [3.05, 3.63) is 53.1 Å². The Bertz CT molecular complexity index is 566. The molecule has 1 aromatic carbocycles. The van der Waals surface area contributed by atoms with Crippen LogP contribution in [0.5, 0.6) is 0 Å². The van der Waals surface area contributed by atoms with E-state index in [9.17, 15) is 4.79 Å². The van der Waals surface area contributed by atoms with Crippen LogP contribution in [0.4, 0.5) is 0 Å². The average molecular weight is 232 g/mol. The zero-order valence-electron chi connectivity index (χ0n) is 8.09. The number of nitriles is 1. The third-order valence-corrected chi connectivity index (χ3v) is 2.31. The van der Waals surface area contributed by atoms with Crippen molar-refractivity contribution in [1.29, 1.82) is 5.26 Å². The number of benzene rings is 1. The highest BCUT2D eigenvalue weighted by Crippen LogP contribution is 2.12. The summed E-state index contributed by atoms with van der Waals surface area (Å²) in [7, 11) is 0. The molecule has 1 heterocycles. The Morgan fingerprint density at radius 1 is 1.38 bits per heavy atom. The van der Waals surface area contributed by atoms with Crippen LogP contribution in [0, 0.1) is 11.5 Å². The topological polar surface area (TPSA) is 58.7 Å². The molecule has 0 atom stereocenters. The standard InChI is InChI=1S/C11H6ClN3O/c12-9-3-1-8(2-4-9)10(16)11-14-5-6-15(11)7-13/h1-6H. The van der Waals surface area contributed by atoms with E-state index in [0.29, 0.717) is 10.6 Å². The first-order valence-corrected chi connectivity index (χ1v) is 4.84. The van der Waals surface area contributed by atoms with Gasteiger partial charge in [-0.25, -0.2) is 9.55 Å². The number of rotatable bonds is 2. The number of hydrogen-bond donors (Lipinski definition) is 0. The van der Waals surface area contributed by atoms with Gasteiger partial charge in [-0.1, -0.05) is 11.6 Å². The normalized spacial score (nSPS) is 9.75. The lowest BCUT2D eigenvalue weighted by Crippen LogP contribution is -2.08. The minimum atomic E-state index is -0.303. The molecular formula is C11H6ClN3O. The van der Waals surface area contributed by atoms with E-state index >= 15 is 0 Å². The molecule has 2 rings (SSSR count). The first-order valence-electron chi connectivity index (χ1n) is 4.46. The number of nitrogens with zero attached hydrogens (tertiary/aromatic N) is 3. The fourth-order valence-electron chi connectivity index (χ4n) is 1.28. The van der Waals surface area contributed by atoms with Crippen molar-refractivity contribution in [1.82, 2.24) is 9.55 Å². The van der Waals surface area contributed by atoms with E-state index in [-0.39, 0.29) is 11.6 Å². The molecule has 16 heavy (non-hydrogen) atoms. The van der Waals surface area contributed by atoms with Crippen molar-refractivity contribution in [2.75, 3.05) is 0 Å². The second-order valence-electron chi connectivity index (χ2n) is 3.06. The molecule has 0 spiro atoms. The van der Waals surface area contributed by atoms with Gasteiger partial charge in [-0.15, -0.1) is 0 Å². The maximum atomic E-state index is 11.9. The molecule has 4 nitrogen and oxygen atoms in total. The molecule has 78 valence electrons. The largest absolute Gasteiger partial charge is 0.285 e. The number of aromatic nitrogens is 2. The van der Waals surface area contributed by atoms with Gasteiger partial charge in [-0.3, -0.25) is 4.79 Å². The molecular weight excluding hydrogens is 226 g/mol. The molecule has 0 aliphatic rings. The van der Waals surface area contributed by atoms with Gasteiger partial charge in [0.2, 0.25) is 5.78 Å². The molecule has 2 aromatic rings. The zero-order chi connectivity index (χ0) is 11.5. The molecule has 0 aliphatic heterocycles. The van der Waals surface area contributed by atoms with Crippen molar-refractivity contribution < 1.29 is 4.79 Å². The molecule has 0 bridgehead atoms. The van der Waals surface area contributed by atoms with Gasteiger partial charge >= 0.3 is 0 Å². The number of imidazole rings is 1.